The van der Waals surface area contributed by atoms with E-state index >= 15 is 0 Å². The standard InChI is InChI=1S/C18H18N6S/c1-2-24-10-12(8-21-24)14-9-20-17-13(14)5-6-19-18(17)22-16-7-15(23-25-16)11-3-4-11/h5-11,13H,2-4H2,1H3,(H,19,22). The molecule has 2 aromatic heterocycles. The van der Waals surface area contributed by atoms with Crippen LogP contribution in [0.2, 0.25) is 0 Å². The van der Waals surface area contributed by atoms with Gasteiger partial charge in [0.2, 0.25) is 0 Å². The van der Waals surface area contributed by atoms with Crippen LogP contribution in [0.1, 0.15) is 36.9 Å². The van der Waals surface area contributed by atoms with E-state index in [1.807, 2.05) is 23.3 Å². The van der Waals surface area contributed by atoms with Crippen molar-refractivity contribution in [2.24, 2.45) is 15.9 Å². The van der Waals surface area contributed by atoms with Gasteiger partial charge in [-0.1, -0.05) is 6.08 Å². The van der Waals surface area contributed by atoms with E-state index in [9.17, 15) is 0 Å². The minimum Gasteiger partial charge on any atom is -0.329 e. The first-order valence-corrected chi connectivity index (χ1v) is 9.38. The Labute approximate surface area is 149 Å². The Morgan fingerprint density at radius 3 is 3.04 bits per heavy atom. The number of allylic oxidation sites excluding steroid dienone is 2. The molecular formula is C18H18N6S. The molecule has 25 heavy (non-hydrogen) atoms. The summed E-state index contributed by atoms with van der Waals surface area (Å²) in [7, 11) is 0. The van der Waals surface area contributed by atoms with Crippen LogP contribution >= 0.6 is 11.5 Å². The van der Waals surface area contributed by atoms with Gasteiger partial charge in [-0.15, -0.1) is 0 Å². The van der Waals surface area contributed by atoms with Crippen molar-refractivity contribution < 1.29 is 0 Å². The highest BCUT2D eigenvalue weighted by Gasteiger charge is 2.31. The Bertz CT molecular complexity index is 940. The number of hydrogen-bond acceptors (Lipinski definition) is 6. The quantitative estimate of drug-likeness (QED) is 0.914. The summed E-state index contributed by atoms with van der Waals surface area (Å²) in [4.78, 5) is 9.15. The van der Waals surface area contributed by atoms with E-state index < -0.39 is 0 Å². The van der Waals surface area contributed by atoms with Crippen molar-refractivity contribution >= 4 is 33.7 Å². The maximum Gasteiger partial charge on any atom is 0.153 e. The van der Waals surface area contributed by atoms with Gasteiger partial charge in [-0.2, -0.15) is 9.47 Å². The van der Waals surface area contributed by atoms with Gasteiger partial charge in [0.25, 0.3) is 0 Å². The summed E-state index contributed by atoms with van der Waals surface area (Å²) >= 11 is 1.50. The third-order valence-corrected chi connectivity index (χ3v) is 5.47. The highest BCUT2D eigenvalue weighted by molar-refractivity contribution is 7.10. The van der Waals surface area contributed by atoms with Crippen molar-refractivity contribution in [1.82, 2.24) is 14.2 Å². The third-order valence-electron chi connectivity index (χ3n) is 4.75. The molecule has 2 aliphatic heterocycles. The van der Waals surface area contributed by atoms with Gasteiger partial charge in [0.05, 0.1) is 23.5 Å². The molecule has 1 aliphatic carbocycles. The highest BCUT2D eigenvalue weighted by atomic mass is 32.1. The summed E-state index contributed by atoms with van der Waals surface area (Å²) in [6.07, 6.45) is 12.4. The van der Waals surface area contributed by atoms with Crippen molar-refractivity contribution in [1.29, 1.82) is 0 Å². The van der Waals surface area contributed by atoms with E-state index in [-0.39, 0.29) is 5.92 Å². The maximum atomic E-state index is 4.64. The van der Waals surface area contributed by atoms with Gasteiger partial charge in [-0.3, -0.25) is 9.67 Å². The zero-order valence-corrected chi connectivity index (χ0v) is 14.7. The number of nitrogens with zero attached hydrogens (tertiary/aromatic N) is 5. The maximum absolute atomic E-state index is 4.64. The SMILES string of the molecule is CCn1cc(C2=CN=C3C(Nc4cc(C5CC5)ns4)=NC=CC23)cn1. The Kier molecular flexibility index (Phi) is 3.41. The first-order valence-electron chi connectivity index (χ1n) is 8.61. The van der Waals surface area contributed by atoms with Gasteiger partial charge in [0.1, 0.15) is 5.00 Å². The molecule has 1 fully saturated rings. The molecule has 6 nitrogen and oxygen atoms in total. The van der Waals surface area contributed by atoms with Crippen LogP contribution in [0.3, 0.4) is 0 Å². The van der Waals surface area contributed by atoms with E-state index in [1.54, 1.807) is 0 Å². The van der Waals surface area contributed by atoms with Crippen LogP contribution < -0.4 is 5.32 Å². The number of aryl methyl sites for hydroxylation is 1. The zero-order valence-electron chi connectivity index (χ0n) is 13.9. The topological polar surface area (TPSA) is 67.5 Å². The van der Waals surface area contributed by atoms with E-state index in [2.05, 4.69) is 50.0 Å². The molecule has 0 radical (unpaired) electrons. The molecule has 1 saturated carbocycles. The van der Waals surface area contributed by atoms with Crippen LogP contribution in [-0.2, 0) is 6.54 Å². The van der Waals surface area contributed by atoms with E-state index in [0.29, 0.717) is 5.92 Å². The average molecular weight is 350 g/mol. The van der Waals surface area contributed by atoms with E-state index in [4.69, 9.17) is 0 Å². The molecule has 126 valence electrons. The predicted octanol–water partition coefficient (Wildman–Crippen LogP) is 3.69. The molecular weight excluding hydrogens is 332 g/mol. The summed E-state index contributed by atoms with van der Waals surface area (Å²) in [6, 6.07) is 2.15. The lowest BCUT2D eigenvalue weighted by Crippen LogP contribution is -2.29. The minimum atomic E-state index is 0.130. The van der Waals surface area contributed by atoms with Crippen molar-refractivity contribution in [3.63, 3.8) is 0 Å². The molecule has 2 aromatic rings. The van der Waals surface area contributed by atoms with E-state index in [0.717, 1.165) is 28.7 Å². The summed E-state index contributed by atoms with van der Waals surface area (Å²) < 4.78 is 6.48. The van der Waals surface area contributed by atoms with Crippen LogP contribution in [-0.4, -0.2) is 25.7 Å². The number of rotatable bonds is 4. The van der Waals surface area contributed by atoms with Gasteiger partial charge in [-0.25, -0.2) is 4.99 Å². The van der Waals surface area contributed by atoms with Crippen LogP contribution in [0.5, 0.6) is 0 Å². The number of hydrogen-bond donors (Lipinski definition) is 1. The molecule has 5 rings (SSSR count). The predicted molar refractivity (Wildman–Crippen MR) is 101 cm³/mol. The molecule has 1 N–H and O–H groups in total. The van der Waals surface area contributed by atoms with Crippen LogP contribution in [0.4, 0.5) is 5.00 Å². The molecule has 0 saturated heterocycles. The zero-order chi connectivity index (χ0) is 16.8. The van der Waals surface area contributed by atoms with Crippen molar-refractivity contribution in [3.8, 4) is 0 Å². The van der Waals surface area contributed by atoms with Gasteiger partial charge >= 0.3 is 0 Å². The second-order valence-corrected chi connectivity index (χ2v) is 7.30. The van der Waals surface area contributed by atoms with Crippen LogP contribution in [0.25, 0.3) is 5.57 Å². The Morgan fingerprint density at radius 1 is 1.32 bits per heavy atom. The lowest BCUT2D eigenvalue weighted by Gasteiger charge is -2.18. The summed E-state index contributed by atoms with van der Waals surface area (Å²) in [5, 5.41) is 8.82. The second kappa shape index (κ2) is 5.77. The molecule has 1 atom stereocenters. The molecule has 0 spiro atoms. The summed E-state index contributed by atoms with van der Waals surface area (Å²) in [5.74, 6) is 1.61. The number of aromatic nitrogens is 3. The van der Waals surface area contributed by atoms with E-state index in [1.165, 1.54) is 35.6 Å². The number of amidine groups is 1. The van der Waals surface area contributed by atoms with Gasteiger partial charge in [0.15, 0.2) is 5.84 Å². The Hall–Kier alpha value is -2.54. The van der Waals surface area contributed by atoms with Crippen molar-refractivity contribution in [2.75, 3.05) is 5.32 Å². The third kappa shape index (κ3) is 2.64. The Morgan fingerprint density at radius 2 is 2.24 bits per heavy atom. The van der Waals surface area contributed by atoms with Crippen LogP contribution in [0, 0.1) is 5.92 Å². The van der Waals surface area contributed by atoms with Gasteiger partial charge < -0.3 is 5.32 Å². The minimum absolute atomic E-state index is 0.130. The number of fused-ring (bicyclic) bond motifs is 1. The largest absolute Gasteiger partial charge is 0.329 e. The molecule has 4 heterocycles. The lowest BCUT2D eigenvalue weighted by atomic mass is 9.91. The number of aliphatic imine (C=N–C) groups is 2. The fraction of sp³-hybridized carbons (Fsp3) is 0.333. The van der Waals surface area contributed by atoms with Crippen LogP contribution in [0.15, 0.2) is 46.9 Å². The monoisotopic (exact) mass is 350 g/mol. The first-order chi connectivity index (χ1) is 12.3. The molecule has 0 bridgehead atoms. The summed E-state index contributed by atoms with van der Waals surface area (Å²) in [5.41, 5.74) is 4.45. The molecule has 0 aromatic carbocycles. The number of anilines is 1. The molecule has 7 heteroatoms. The molecule has 0 amide bonds. The smallest absolute Gasteiger partial charge is 0.153 e. The van der Waals surface area contributed by atoms with Crippen molar-refractivity contribution in [2.45, 2.75) is 32.2 Å². The molecule has 1 unspecified atom stereocenters. The fourth-order valence-corrected chi connectivity index (χ4v) is 3.91. The van der Waals surface area contributed by atoms with Crippen molar-refractivity contribution in [3.05, 3.63) is 48.2 Å². The first kappa shape index (κ1) is 14.8. The highest BCUT2D eigenvalue weighted by Crippen LogP contribution is 2.41. The fourth-order valence-electron chi connectivity index (χ4n) is 3.19. The summed E-state index contributed by atoms with van der Waals surface area (Å²) in [6.45, 7) is 2.95. The van der Waals surface area contributed by atoms with Gasteiger partial charge in [0, 0.05) is 36.6 Å². The molecule has 3 aliphatic rings. The second-order valence-electron chi connectivity index (χ2n) is 6.50. The lowest BCUT2D eigenvalue weighted by molar-refractivity contribution is 0.659. The Balaban J connectivity index is 1.35. The van der Waals surface area contributed by atoms with Gasteiger partial charge in [-0.05, 0) is 42.9 Å². The average Bonchev–Trinajstić information content (AvgIpc) is 3.04. The normalized spacial score (nSPS) is 21.6. The number of nitrogens with one attached hydrogen (secondary N) is 1.